The molecule has 0 radical (unpaired) electrons. The second-order valence-electron chi connectivity index (χ2n) is 8.56. The summed E-state index contributed by atoms with van der Waals surface area (Å²) in [4.78, 5) is 11.4. The van der Waals surface area contributed by atoms with Gasteiger partial charge in [0, 0.05) is 23.7 Å². The van der Waals surface area contributed by atoms with Crippen LogP contribution < -0.4 is 20.1 Å². The highest BCUT2D eigenvalue weighted by Crippen LogP contribution is 2.40. The van der Waals surface area contributed by atoms with E-state index in [-0.39, 0.29) is 0 Å². The summed E-state index contributed by atoms with van der Waals surface area (Å²) >= 11 is 6.82. The van der Waals surface area contributed by atoms with Crippen LogP contribution in [0.5, 0.6) is 11.5 Å². The van der Waals surface area contributed by atoms with Gasteiger partial charge in [0.15, 0.2) is 23.4 Å². The van der Waals surface area contributed by atoms with E-state index < -0.39 is 18.1 Å². The van der Waals surface area contributed by atoms with Crippen molar-refractivity contribution in [2.45, 2.75) is 19.1 Å². The zero-order valence-electron chi connectivity index (χ0n) is 19.7. The number of aliphatic carboxylic acids is 1. The molecule has 0 bridgehead atoms. The first kappa shape index (κ1) is 23.8. The normalized spacial score (nSPS) is 14.3. The summed E-state index contributed by atoms with van der Waals surface area (Å²) in [6, 6.07) is 15.7. The smallest absolute Gasteiger partial charge is 0.328 e. The summed E-state index contributed by atoms with van der Waals surface area (Å²) in [6.07, 6.45) is -1.06. The quantitative estimate of drug-likeness (QED) is 0.285. The van der Waals surface area contributed by atoms with Crippen LogP contribution in [0.3, 0.4) is 0 Å². The molecule has 1 aliphatic rings. The number of halogens is 1. The Bertz CT molecular complexity index is 1450. The van der Waals surface area contributed by atoms with E-state index in [1.54, 1.807) is 23.9 Å². The molecule has 0 spiro atoms. The lowest BCUT2D eigenvalue weighted by Gasteiger charge is -2.19. The molecule has 186 valence electrons. The van der Waals surface area contributed by atoms with Crippen molar-refractivity contribution in [3.8, 4) is 22.6 Å². The number of anilines is 3. The van der Waals surface area contributed by atoms with E-state index in [1.807, 2.05) is 42.5 Å². The largest absolute Gasteiger partial charge is 0.486 e. The monoisotopic (exact) mass is 508 g/mol. The van der Waals surface area contributed by atoms with Crippen molar-refractivity contribution in [3.63, 3.8) is 0 Å². The first-order valence-electron chi connectivity index (χ1n) is 11.4. The zero-order valence-corrected chi connectivity index (χ0v) is 20.4. The third kappa shape index (κ3) is 4.50. The molecule has 0 saturated heterocycles. The minimum absolute atomic E-state index is 0.506. The lowest BCUT2D eigenvalue weighted by molar-refractivity contribution is -0.140. The molecule has 1 aliphatic heterocycles. The maximum absolute atomic E-state index is 11.4. The van der Waals surface area contributed by atoms with Crippen molar-refractivity contribution in [2.24, 2.45) is 7.05 Å². The molecular weight excluding hydrogens is 484 g/mol. The predicted octanol–water partition coefficient (Wildman–Crippen LogP) is 4.65. The number of fused-ring (bicyclic) bond motifs is 2. The number of hydrogen-bond donors (Lipinski definition) is 4. The number of nitrogens with zero attached hydrogens (tertiary/aromatic N) is 2. The number of aliphatic hydroxyl groups is 1. The number of nitrogens with one attached hydrogen (secondary N) is 2. The molecular formula is C26H25ClN4O5. The van der Waals surface area contributed by atoms with Crippen molar-refractivity contribution >= 4 is 45.7 Å². The fourth-order valence-corrected chi connectivity index (χ4v) is 4.48. The van der Waals surface area contributed by atoms with Crippen LogP contribution in [0.1, 0.15) is 6.92 Å². The lowest BCUT2D eigenvalue weighted by atomic mass is 10.0. The van der Waals surface area contributed by atoms with E-state index in [0.29, 0.717) is 46.9 Å². The number of carboxylic acids is 1. The number of rotatable bonds is 7. The average Bonchev–Trinajstić information content (AvgIpc) is 3.17. The SMILES string of the molecule is CC(O)C(Nc1ccc2c(Nc3cccc(-c4ccc5c(c4)OCCO5)c3Cl)nn(C)c2c1)C(=O)O. The van der Waals surface area contributed by atoms with Crippen LogP contribution in [0.4, 0.5) is 17.2 Å². The van der Waals surface area contributed by atoms with Gasteiger partial charge in [0.1, 0.15) is 13.2 Å². The average molecular weight is 509 g/mol. The number of aromatic nitrogens is 2. The molecule has 0 amide bonds. The molecule has 2 unspecified atom stereocenters. The van der Waals surface area contributed by atoms with Gasteiger partial charge in [-0.3, -0.25) is 4.68 Å². The number of aliphatic hydroxyl groups excluding tert-OH is 1. The first-order chi connectivity index (χ1) is 17.3. The number of benzene rings is 3. The summed E-state index contributed by atoms with van der Waals surface area (Å²) in [6.45, 7) is 2.47. The highest BCUT2D eigenvalue weighted by Gasteiger charge is 2.23. The van der Waals surface area contributed by atoms with Crippen LogP contribution in [0, 0.1) is 0 Å². The summed E-state index contributed by atoms with van der Waals surface area (Å²) in [5.74, 6) is 0.872. The maximum Gasteiger partial charge on any atom is 0.328 e. The van der Waals surface area contributed by atoms with Gasteiger partial charge >= 0.3 is 5.97 Å². The molecule has 1 aromatic heterocycles. The number of carbonyl (C=O) groups is 1. The molecule has 2 atom stereocenters. The number of hydrogen-bond acceptors (Lipinski definition) is 7. The van der Waals surface area contributed by atoms with E-state index in [9.17, 15) is 15.0 Å². The third-order valence-corrected chi connectivity index (χ3v) is 6.43. The number of carboxylic acid groups (broad SMARTS) is 1. The van der Waals surface area contributed by atoms with Crippen LogP contribution in [0.15, 0.2) is 54.6 Å². The van der Waals surface area contributed by atoms with Crippen LogP contribution in [0.2, 0.25) is 5.02 Å². The highest BCUT2D eigenvalue weighted by atomic mass is 35.5. The molecule has 2 heterocycles. The van der Waals surface area contributed by atoms with Gasteiger partial charge < -0.3 is 30.3 Å². The standard InChI is InChI=1S/C26H25ClN4O5/c1-14(32)24(26(33)34)28-16-7-8-18-20(13-16)31(2)30-25(18)29-19-5-3-4-17(23(19)27)15-6-9-21-22(12-15)36-11-10-35-21/h3-9,12-14,24,28,32H,10-11H2,1-2H3,(H,29,30)(H,33,34). The Kier molecular flexibility index (Phi) is 6.34. The zero-order chi connectivity index (χ0) is 25.4. The highest BCUT2D eigenvalue weighted by molar-refractivity contribution is 6.36. The van der Waals surface area contributed by atoms with Crippen LogP contribution in [-0.2, 0) is 11.8 Å². The Balaban J connectivity index is 1.44. The second-order valence-corrected chi connectivity index (χ2v) is 8.93. The van der Waals surface area contributed by atoms with E-state index in [2.05, 4.69) is 15.7 Å². The predicted molar refractivity (Wildman–Crippen MR) is 139 cm³/mol. The Labute approximate surface area is 212 Å². The Morgan fingerprint density at radius 2 is 1.89 bits per heavy atom. The fraction of sp³-hybridized carbons (Fsp3) is 0.231. The molecule has 10 heteroatoms. The molecule has 0 fully saturated rings. The molecule has 3 aromatic carbocycles. The van der Waals surface area contributed by atoms with Crippen molar-refractivity contribution in [1.29, 1.82) is 0 Å². The third-order valence-electron chi connectivity index (χ3n) is 6.03. The fourth-order valence-electron chi connectivity index (χ4n) is 4.20. The lowest BCUT2D eigenvalue weighted by Crippen LogP contribution is -2.38. The number of aryl methyl sites for hydroxylation is 1. The van der Waals surface area contributed by atoms with Crippen LogP contribution in [-0.4, -0.2) is 51.3 Å². The topological polar surface area (TPSA) is 118 Å². The molecule has 36 heavy (non-hydrogen) atoms. The molecule has 5 rings (SSSR count). The first-order valence-corrected chi connectivity index (χ1v) is 11.8. The molecule has 0 aliphatic carbocycles. The second kappa shape index (κ2) is 9.60. The minimum Gasteiger partial charge on any atom is -0.486 e. The minimum atomic E-state index is -1.13. The maximum atomic E-state index is 11.4. The van der Waals surface area contributed by atoms with Gasteiger partial charge in [-0.05, 0) is 48.9 Å². The van der Waals surface area contributed by atoms with Gasteiger partial charge in [-0.2, -0.15) is 5.10 Å². The van der Waals surface area contributed by atoms with Gasteiger partial charge in [0.2, 0.25) is 0 Å². The molecule has 9 nitrogen and oxygen atoms in total. The van der Waals surface area contributed by atoms with E-state index >= 15 is 0 Å². The van der Waals surface area contributed by atoms with Crippen molar-refractivity contribution < 1.29 is 24.5 Å². The molecule has 0 saturated carbocycles. The molecule has 4 aromatic rings. The van der Waals surface area contributed by atoms with Gasteiger partial charge in [-0.25, -0.2) is 4.79 Å². The van der Waals surface area contributed by atoms with Gasteiger partial charge in [-0.1, -0.05) is 29.8 Å². The van der Waals surface area contributed by atoms with E-state index in [4.69, 9.17) is 21.1 Å². The summed E-state index contributed by atoms with van der Waals surface area (Å²) in [5.41, 5.74) is 3.76. The van der Waals surface area contributed by atoms with Crippen LogP contribution in [0.25, 0.3) is 22.0 Å². The molecule has 4 N–H and O–H groups in total. The van der Waals surface area contributed by atoms with Crippen molar-refractivity contribution in [2.75, 3.05) is 23.8 Å². The number of ether oxygens (including phenoxy) is 2. The van der Waals surface area contributed by atoms with E-state index in [0.717, 1.165) is 22.0 Å². The van der Waals surface area contributed by atoms with E-state index in [1.165, 1.54) is 6.92 Å². The van der Waals surface area contributed by atoms with Gasteiger partial charge in [-0.15, -0.1) is 0 Å². The summed E-state index contributed by atoms with van der Waals surface area (Å²) in [7, 11) is 1.80. The van der Waals surface area contributed by atoms with Crippen LogP contribution >= 0.6 is 11.6 Å². The summed E-state index contributed by atoms with van der Waals surface area (Å²) < 4.78 is 13.0. The summed E-state index contributed by atoms with van der Waals surface area (Å²) in [5, 5.41) is 31.3. The Morgan fingerprint density at radius 1 is 1.11 bits per heavy atom. The van der Waals surface area contributed by atoms with Gasteiger partial charge in [0.05, 0.1) is 22.3 Å². The Morgan fingerprint density at radius 3 is 2.64 bits per heavy atom. The van der Waals surface area contributed by atoms with Crippen molar-refractivity contribution in [3.05, 3.63) is 59.6 Å². The van der Waals surface area contributed by atoms with Gasteiger partial charge in [0.25, 0.3) is 0 Å². The Hall–Kier alpha value is -3.95. The van der Waals surface area contributed by atoms with Crippen molar-refractivity contribution in [1.82, 2.24) is 9.78 Å².